The van der Waals surface area contributed by atoms with E-state index in [1.807, 2.05) is 48.5 Å². The molecule has 3 rings (SSSR count). The summed E-state index contributed by atoms with van der Waals surface area (Å²) in [5.41, 5.74) is 1.56. The Kier molecular flexibility index (Phi) is 10.3. The predicted octanol–water partition coefficient (Wildman–Crippen LogP) is 2.75. The largest absolute Gasteiger partial charge is 0.481 e. The summed E-state index contributed by atoms with van der Waals surface area (Å²) in [6.07, 6.45) is -0.539. The van der Waals surface area contributed by atoms with Crippen LogP contribution in [0.3, 0.4) is 0 Å². The van der Waals surface area contributed by atoms with Gasteiger partial charge in [-0.2, -0.15) is 0 Å². The third-order valence-electron chi connectivity index (χ3n) is 6.17. The average molecular weight is 554 g/mol. The number of carboxylic acid groups (broad SMARTS) is 1. The molecule has 0 radical (unpaired) electrons. The Morgan fingerprint density at radius 1 is 0.923 bits per heavy atom. The summed E-state index contributed by atoms with van der Waals surface area (Å²) >= 11 is 0. The number of carbonyl (C=O) groups excluding carboxylic acids is 3. The van der Waals surface area contributed by atoms with Gasteiger partial charge in [-0.1, -0.05) is 79.7 Å². The SMILES string of the molecule is CC(CS(=O)(=O)CCc1ccccc1)C(=O)NC(CC(=O)O)C(=O)COC(=O)Cc1cccc2ccccc12. The van der Waals surface area contributed by atoms with Crippen LogP contribution < -0.4 is 5.32 Å². The van der Waals surface area contributed by atoms with Crippen molar-refractivity contribution >= 4 is 44.2 Å². The van der Waals surface area contributed by atoms with Crippen LogP contribution in [0.1, 0.15) is 24.5 Å². The molecule has 39 heavy (non-hydrogen) atoms. The summed E-state index contributed by atoms with van der Waals surface area (Å²) in [7, 11) is -3.60. The number of hydrogen-bond acceptors (Lipinski definition) is 7. The van der Waals surface area contributed by atoms with E-state index in [9.17, 15) is 32.7 Å². The van der Waals surface area contributed by atoms with Gasteiger partial charge in [0.05, 0.1) is 24.3 Å². The van der Waals surface area contributed by atoms with E-state index in [0.717, 1.165) is 16.3 Å². The van der Waals surface area contributed by atoms with Crippen molar-refractivity contribution in [3.63, 3.8) is 0 Å². The minimum Gasteiger partial charge on any atom is -0.481 e. The highest BCUT2D eigenvalue weighted by Crippen LogP contribution is 2.19. The molecule has 2 N–H and O–H groups in total. The first-order chi connectivity index (χ1) is 18.5. The maximum Gasteiger partial charge on any atom is 0.310 e. The number of ketones is 1. The van der Waals surface area contributed by atoms with Crippen LogP contribution >= 0.6 is 0 Å². The number of ether oxygens (including phenoxy) is 1. The zero-order chi connectivity index (χ0) is 28.4. The summed E-state index contributed by atoms with van der Waals surface area (Å²) in [5, 5.41) is 13.3. The van der Waals surface area contributed by atoms with Gasteiger partial charge in [-0.25, -0.2) is 8.42 Å². The average Bonchev–Trinajstić information content (AvgIpc) is 2.90. The first-order valence-corrected chi connectivity index (χ1v) is 14.3. The molecule has 9 nitrogen and oxygen atoms in total. The Morgan fingerprint density at radius 3 is 2.31 bits per heavy atom. The number of aryl methyl sites for hydroxylation is 1. The smallest absolute Gasteiger partial charge is 0.310 e. The van der Waals surface area contributed by atoms with E-state index in [-0.39, 0.29) is 12.2 Å². The van der Waals surface area contributed by atoms with Crippen molar-refractivity contribution in [3.8, 4) is 0 Å². The van der Waals surface area contributed by atoms with Crippen LogP contribution in [-0.4, -0.2) is 61.3 Å². The zero-order valence-corrected chi connectivity index (χ0v) is 22.4. The van der Waals surface area contributed by atoms with Crippen molar-refractivity contribution in [2.24, 2.45) is 5.92 Å². The van der Waals surface area contributed by atoms with Gasteiger partial charge in [-0.3, -0.25) is 19.2 Å². The number of rotatable bonds is 14. The zero-order valence-electron chi connectivity index (χ0n) is 21.5. The molecule has 2 unspecified atom stereocenters. The van der Waals surface area contributed by atoms with Crippen LogP contribution in [-0.2, 0) is 46.6 Å². The topological polar surface area (TPSA) is 144 Å². The summed E-state index contributed by atoms with van der Waals surface area (Å²) < 4.78 is 30.1. The number of esters is 1. The third kappa shape index (κ3) is 9.33. The monoisotopic (exact) mass is 553 g/mol. The number of fused-ring (bicyclic) bond motifs is 1. The van der Waals surface area contributed by atoms with Crippen molar-refractivity contribution in [3.05, 3.63) is 83.9 Å². The number of carbonyl (C=O) groups is 4. The summed E-state index contributed by atoms with van der Waals surface area (Å²) in [6.45, 7) is 0.660. The molecule has 0 aliphatic rings. The molecular weight excluding hydrogens is 522 g/mol. The van der Waals surface area contributed by atoms with E-state index in [4.69, 9.17) is 4.74 Å². The molecular formula is C29H31NO8S. The fraction of sp³-hybridized carbons (Fsp3) is 0.310. The summed E-state index contributed by atoms with van der Waals surface area (Å²) in [4.78, 5) is 49.1. The minimum atomic E-state index is -3.60. The van der Waals surface area contributed by atoms with Gasteiger partial charge in [-0.05, 0) is 28.3 Å². The minimum absolute atomic E-state index is 0.0948. The van der Waals surface area contributed by atoms with Crippen molar-refractivity contribution in [2.75, 3.05) is 18.1 Å². The quantitative estimate of drug-likeness (QED) is 0.290. The number of Topliss-reactive ketones (excluding diaryl/α,β-unsaturated/α-hetero) is 1. The van der Waals surface area contributed by atoms with E-state index in [1.165, 1.54) is 6.92 Å². The van der Waals surface area contributed by atoms with Crippen LogP contribution in [0.25, 0.3) is 10.8 Å². The molecule has 0 heterocycles. The van der Waals surface area contributed by atoms with Crippen LogP contribution in [0.5, 0.6) is 0 Å². The number of benzene rings is 3. The Balaban J connectivity index is 1.54. The molecule has 2 atom stereocenters. The van der Waals surface area contributed by atoms with Gasteiger partial charge in [0, 0.05) is 5.92 Å². The molecule has 1 amide bonds. The molecule has 0 aliphatic carbocycles. The highest BCUT2D eigenvalue weighted by Gasteiger charge is 2.28. The predicted molar refractivity (Wildman–Crippen MR) is 146 cm³/mol. The highest BCUT2D eigenvalue weighted by atomic mass is 32.2. The third-order valence-corrected chi connectivity index (χ3v) is 8.00. The van der Waals surface area contributed by atoms with Gasteiger partial charge in [0.1, 0.15) is 6.04 Å². The number of hydrogen-bond donors (Lipinski definition) is 2. The molecule has 0 aromatic heterocycles. The molecule has 0 saturated heterocycles. The lowest BCUT2D eigenvalue weighted by molar-refractivity contribution is -0.148. The molecule has 0 bridgehead atoms. The van der Waals surface area contributed by atoms with Gasteiger partial charge < -0.3 is 15.2 Å². The molecule has 3 aromatic rings. The van der Waals surface area contributed by atoms with E-state index < -0.39 is 64.2 Å². The van der Waals surface area contributed by atoms with E-state index >= 15 is 0 Å². The fourth-order valence-electron chi connectivity index (χ4n) is 4.10. The second-order valence-corrected chi connectivity index (χ2v) is 11.6. The lowest BCUT2D eigenvalue weighted by Crippen LogP contribution is -2.47. The van der Waals surface area contributed by atoms with Crippen LogP contribution in [0.15, 0.2) is 72.8 Å². The molecule has 0 spiro atoms. The van der Waals surface area contributed by atoms with Gasteiger partial charge in [-0.15, -0.1) is 0 Å². The van der Waals surface area contributed by atoms with Gasteiger partial charge in [0.15, 0.2) is 22.2 Å². The Hall–Kier alpha value is -4.05. The second kappa shape index (κ2) is 13.7. The standard InChI is InChI=1S/C29H31NO8S/c1-20(19-39(36,37)15-14-21-8-3-2-4-9-21)29(35)30-25(17-27(32)33)26(31)18-38-28(34)16-23-12-7-11-22-10-5-6-13-24(22)23/h2-13,20,25H,14-19H2,1H3,(H,30,35)(H,32,33). The highest BCUT2D eigenvalue weighted by molar-refractivity contribution is 7.91. The lowest BCUT2D eigenvalue weighted by atomic mass is 10.0. The van der Waals surface area contributed by atoms with E-state index in [0.29, 0.717) is 12.0 Å². The summed E-state index contributed by atoms with van der Waals surface area (Å²) in [5.74, 6) is -5.25. The number of carboxylic acids is 1. The number of aliphatic carboxylic acids is 1. The van der Waals surface area contributed by atoms with Gasteiger partial charge >= 0.3 is 11.9 Å². The number of nitrogens with one attached hydrogen (secondary N) is 1. The summed E-state index contributed by atoms with van der Waals surface area (Å²) in [6, 6.07) is 20.5. The first kappa shape index (κ1) is 29.5. The van der Waals surface area contributed by atoms with Crippen molar-refractivity contribution in [1.82, 2.24) is 5.32 Å². The first-order valence-electron chi connectivity index (χ1n) is 12.5. The molecule has 206 valence electrons. The molecule has 0 fully saturated rings. The fourth-order valence-corrected chi connectivity index (χ4v) is 5.72. The van der Waals surface area contributed by atoms with Crippen LogP contribution in [0, 0.1) is 5.92 Å². The van der Waals surface area contributed by atoms with E-state index in [1.54, 1.807) is 24.3 Å². The Bertz CT molecular complexity index is 1430. The van der Waals surface area contributed by atoms with Gasteiger partial charge in [0.2, 0.25) is 5.91 Å². The maximum absolute atomic E-state index is 12.7. The van der Waals surface area contributed by atoms with Crippen LogP contribution in [0.4, 0.5) is 0 Å². The lowest BCUT2D eigenvalue weighted by Gasteiger charge is -2.19. The Labute approximate surface area is 227 Å². The normalized spacial score (nSPS) is 12.8. The molecule has 0 aliphatic heterocycles. The van der Waals surface area contributed by atoms with E-state index in [2.05, 4.69) is 5.32 Å². The molecule has 3 aromatic carbocycles. The maximum atomic E-state index is 12.7. The van der Waals surface area contributed by atoms with Gasteiger partial charge in [0.25, 0.3) is 0 Å². The number of sulfone groups is 1. The van der Waals surface area contributed by atoms with Crippen LogP contribution in [0.2, 0.25) is 0 Å². The van der Waals surface area contributed by atoms with Crippen molar-refractivity contribution in [2.45, 2.75) is 32.2 Å². The molecule has 0 saturated carbocycles. The van der Waals surface area contributed by atoms with Crippen molar-refractivity contribution < 1.29 is 37.4 Å². The number of amides is 1. The second-order valence-electron chi connectivity index (χ2n) is 9.35. The Morgan fingerprint density at radius 2 is 1.59 bits per heavy atom. The van der Waals surface area contributed by atoms with Crippen molar-refractivity contribution in [1.29, 1.82) is 0 Å². The molecule has 10 heteroatoms.